The number of halogens is 4. The molecule has 0 aliphatic carbocycles. The van der Waals surface area contributed by atoms with Crippen LogP contribution in [-0.4, -0.2) is 29.2 Å². The fourth-order valence-corrected chi connectivity index (χ4v) is 4.43. The second-order valence-corrected chi connectivity index (χ2v) is 8.77. The minimum atomic E-state index is -4.61. The maximum atomic E-state index is 13.2. The van der Waals surface area contributed by atoms with Crippen molar-refractivity contribution in [3.05, 3.63) is 62.8 Å². The third-order valence-corrected chi connectivity index (χ3v) is 6.40. The summed E-state index contributed by atoms with van der Waals surface area (Å²) in [5, 5.41) is 5.11. The summed E-state index contributed by atoms with van der Waals surface area (Å²) in [6.45, 7) is 5.14. The highest BCUT2D eigenvalue weighted by Gasteiger charge is 2.34. The van der Waals surface area contributed by atoms with Gasteiger partial charge in [0.05, 0.1) is 34.2 Å². The normalized spacial score (nSPS) is 15.2. The van der Waals surface area contributed by atoms with Crippen LogP contribution in [0.3, 0.4) is 0 Å². The molecular weight excluding hydrogens is 507 g/mol. The second-order valence-electron chi connectivity index (χ2n) is 7.39. The Labute approximate surface area is 206 Å². The molecule has 1 amide bonds. The van der Waals surface area contributed by atoms with Gasteiger partial charge in [0.2, 0.25) is 5.13 Å². The molecule has 0 saturated carbocycles. The molecule has 2 aromatic heterocycles. The van der Waals surface area contributed by atoms with Crippen molar-refractivity contribution >= 4 is 51.7 Å². The van der Waals surface area contributed by atoms with Gasteiger partial charge in [-0.3, -0.25) is 4.79 Å². The number of furan rings is 1. The van der Waals surface area contributed by atoms with Crippen molar-refractivity contribution in [3.8, 4) is 11.3 Å². The number of carbonyl (C=O) groups is 2. The van der Waals surface area contributed by atoms with Gasteiger partial charge in [-0.15, -0.1) is 0 Å². The minimum Gasteiger partial charge on any atom is -0.462 e. The average Bonchev–Trinajstić information content (AvgIpc) is 3.48. The monoisotopic (exact) mass is 523 g/mol. The summed E-state index contributed by atoms with van der Waals surface area (Å²) >= 11 is 6.67. The van der Waals surface area contributed by atoms with Crippen LogP contribution >= 0.6 is 22.9 Å². The first-order chi connectivity index (χ1) is 16.5. The predicted molar refractivity (Wildman–Crippen MR) is 126 cm³/mol. The third kappa shape index (κ3) is 4.87. The van der Waals surface area contributed by atoms with E-state index in [4.69, 9.17) is 20.8 Å². The first kappa shape index (κ1) is 24.7. The highest BCUT2D eigenvalue weighted by Crippen LogP contribution is 2.38. The molecule has 4 rings (SSSR count). The molecule has 12 heteroatoms. The van der Waals surface area contributed by atoms with Gasteiger partial charge in [-0.2, -0.15) is 23.3 Å². The van der Waals surface area contributed by atoms with Crippen LogP contribution in [0, 0.1) is 6.92 Å². The lowest BCUT2D eigenvalue weighted by Crippen LogP contribution is -2.21. The molecule has 182 valence electrons. The number of hydrazone groups is 1. The molecule has 0 N–H and O–H groups in total. The standard InChI is InChI=1S/C23H17ClF3N3O4S/c1-4-33-21(32)19-12(3)28-22(35-19)30-20(31)15(11(2)29-30)10-14-6-8-18(34-14)13-5-7-17(24)16(9-13)23(25,26)27/h5-10H,4H2,1-3H3. The molecule has 1 aromatic carbocycles. The molecule has 35 heavy (non-hydrogen) atoms. The fraction of sp³-hybridized carbons (Fsp3) is 0.217. The van der Waals surface area contributed by atoms with E-state index in [1.165, 1.54) is 24.3 Å². The van der Waals surface area contributed by atoms with Gasteiger partial charge < -0.3 is 9.15 Å². The smallest absolute Gasteiger partial charge is 0.417 e. The summed E-state index contributed by atoms with van der Waals surface area (Å²) in [7, 11) is 0. The van der Waals surface area contributed by atoms with Crippen molar-refractivity contribution in [3.63, 3.8) is 0 Å². The van der Waals surface area contributed by atoms with Gasteiger partial charge in [-0.1, -0.05) is 22.9 Å². The summed E-state index contributed by atoms with van der Waals surface area (Å²) in [4.78, 5) is 29.6. The fourth-order valence-electron chi connectivity index (χ4n) is 3.30. The van der Waals surface area contributed by atoms with Crippen molar-refractivity contribution in [1.82, 2.24) is 4.98 Å². The molecule has 0 saturated heterocycles. The number of rotatable bonds is 5. The molecule has 7 nitrogen and oxygen atoms in total. The van der Waals surface area contributed by atoms with E-state index < -0.39 is 28.6 Å². The quantitative estimate of drug-likeness (QED) is 0.287. The van der Waals surface area contributed by atoms with Gasteiger partial charge in [-0.05, 0) is 57.2 Å². The minimum absolute atomic E-state index is 0.172. The van der Waals surface area contributed by atoms with Gasteiger partial charge in [0.15, 0.2) is 0 Å². The number of aromatic nitrogens is 1. The van der Waals surface area contributed by atoms with E-state index in [-0.39, 0.29) is 39.3 Å². The van der Waals surface area contributed by atoms with Crippen molar-refractivity contribution in [2.24, 2.45) is 5.10 Å². The Morgan fingerprint density at radius 3 is 2.69 bits per heavy atom. The zero-order valence-electron chi connectivity index (χ0n) is 18.6. The van der Waals surface area contributed by atoms with Crippen LogP contribution in [0.15, 0.2) is 45.4 Å². The molecule has 3 heterocycles. The molecule has 0 radical (unpaired) electrons. The van der Waals surface area contributed by atoms with Crippen molar-refractivity contribution in [2.75, 3.05) is 11.6 Å². The molecule has 0 bridgehead atoms. The Kier molecular flexibility index (Phi) is 6.56. The van der Waals surface area contributed by atoms with Crippen LogP contribution in [0.25, 0.3) is 17.4 Å². The molecule has 0 fully saturated rings. The number of nitrogens with zero attached hydrogens (tertiary/aromatic N) is 3. The number of esters is 1. The summed E-state index contributed by atoms with van der Waals surface area (Å²) in [5.74, 6) is -0.609. The van der Waals surface area contributed by atoms with E-state index in [1.807, 2.05) is 0 Å². The van der Waals surface area contributed by atoms with Crippen molar-refractivity contribution in [2.45, 2.75) is 26.9 Å². The number of hydrogen-bond acceptors (Lipinski definition) is 7. The first-order valence-electron chi connectivity index (χ1n) is 10.2. The molecular formula is C23H17ClF3N3O4S. The third-order valence-electron chi connectivity index (χ3n) is 4.96. The molecule has 3 aromatic rings. The number of ether oxygens (including phenoxy) is 1. The topological polar surface area (TPSA) is 85.0 Å². The number of benzene rings is 1. The summed E-state index contributed by atoms with van der Waals surface area (Å²) in [6, 6.07) is 6.48. The van der Waals surface area contributed by atoms with Crippen LogP contribution in [-0.2, 0) is 15.7 Å². The largest absolute Gasteiger partial charge is 0.462 e. The average molecular weight is 524 g/mol. The second kappa shape index (κ2) is 9.31. The molecule has 0 spiro atoms. The van der Waals surface area contributed by atoms with Crippen LogP contribution in [0.4, 0.5) is 18.3 Å². The van der Waals surface area contributed by atoms with Gasteiger partial charge in [0.25, 0.3) is 5.91 Å². The highest BCUT2D eigenvalue weighted by atomic mass is 35.5. The Hall–Kier alpha value is -3.44. The molecule has 0 unspecified atom stereocenters. The maximum Gasteiger partial charge on any atom is 0.417 e. The van der Waals surface area contributed by atoms with Crippen LogP contribution in [0.1, 0.15) is 40.5 Å². The van der Waals surface area contributed by atoms with E-state index in [2.05, 4.69) is 10.1 Å². The SMILES string of the molecule is CCOC(=O)c1sc(N2N=C(C)C(=Cc3ccc(-c4ccc(Cl)c(C(F)(F)F)c4)o3)C2=O)nc1C. The van der Waals surface area contributed by atoms with E-state index in [0.29, 0.717) is 11.4 Å². The zero-order chi connectivity index (χ0) is 25.5. The van der Waals surface area contributed by atoms with Gasteiger partial charge in [0.1, 0.15) is 16.4 Å². The Morgan fingerprint density at radius 1 is 1.26 bits per heavy atom. The molecule has 0 atom stereocenters. The number of thiazole rings is 1. The maximum absolute atomic E-state index is 13.2. The lowest BCUT2D eigenvalue weighted by molar-refractivity contribution is -0.137. The number of carbonyl (C=O) groups excluding carboxylic acids is 2. The van der Waals surface area contributed by atoms with Crippen molar-refractivity contribution in [1.29, 1.82) is 0 Å². The van der Waals surface area contributed by atoms with Gasteiger partial charge in [-0.25, -0.2) is 9.78 Å². The van der Waals surface area contributed by atoms with E-state index >= 15 is 0 Å². The number of aryl methyl sites for hydroxylation is 1. The number of hydrogen-bond donors (Lipinski definition) is 0. The van der Waals surface area contributed by atoms with Crippen molar-refractivity contribution < 1.29 is 31.9 Å². The van der Waals surface area contributed by atoms with Crippen LogP contribution in [0.2, 0.25) is 5.02 Å². The number of amides is 1. The number of anilines is 1. The Bertz CT molecular complexity index is 1390. The van der Waals surface area contributed by atoms with E-state index in [1.54, 1.807) is 20.8 Å². The molecule has 1 aliphatic heterocycles. The summed E-state index contributed by atoms with van der Waals surface area (Å²) in [6.07, 6.45) is -3.17. The highest BCUT2D eigenvalue weighted by molar-refractivity contribution is 7.17. The first-order valence-corrected chi connectivity index (χ1v) is 11.4. The lowest BCUT2D eigenvalue weighted by atomic mass is 10.1. The lowest BCUT2D eigenvalue weighted by Gasteiger charge is -2.09. The predicted octanol–water partition coefficient (Wildman–Crippen LogP) is 6.37. The summed E-state index contributed by atoms with van der Waals surface area (Å²) in [5.41, 5.74) is 0.214. The van der Waals surface area contributed by atoms with Gasteiger partial charge in [0, 0.05) is 5.56 Å². The Balaban J connectivity index is 1.60. The summed E-state index contributed by atoms with van der Waals surface area (Å²) < 4.78 is 50.2. The van der Waals surface area contributed by atoms with Gasteiger partial charge >= 0.3 is 12.1 Å². The van der Waals surface area contributed by atoms with E-state index in [9.17, 15) is 22.8 Å². The van der Waals surface area contributed by atoms with Crippen LogP contribution in [0.5, 0.6) is 0 Å². The zero-order valence-corrected chi connectivity index (χ0v) is 20.1. The molecule has 1 aliphatic rings. The number of alkyl halides is 3. The van der Waals surface area contributed by atoms with Crippen LogP contribution < -0.4 is 5.01 Å². The Morgan fingerprint density at radius 2 is 2.00 bits per heavy atom. The van der Waals surface area contributed by atoms with E-state index in [0.717, 1.165) is 28.5 Å².